The zero-order valence-electron chi connectivity index (χ0n) is 12.8. The van der Waals surface area contributed by atoms with Gasteiger partial charge in [0.05, 0.1) is 6.54 Å². The molecule has 1 atom stereocenters. The van der Waals surface area contributed by atoms with Crippen molar-refractivity contribution in [2.75, 3.05) is 19.6 Å². The smallest absolute Gasteiger partial charge is 0.279 e. The summed E-state index contributed by atoms with van der Waals surface area (Å²) in [6, 6.07) is 7.17. The lowest BCUT2D eigenvalue weighted by Gasteiger charge is -2.22. The van der Waals surface area contributed by atoms with E-state index in [0.717, 1.165) is 11.1 Å². The van der Waals surface area contributed by atoms with Crippen molar-refractivity contribution in [2.24, 2.45) is 5.73 Å². The molecule has 0 amide bonds. The van der Waals surface area contributed by atoms with Crippen LogP contribution in [0, 0.1) is 11.8 Å². The maximum Gasteiger partial charge on any atom is 0.279 e. The van der Waals surface area contributed by atoms with Gasteiger partial charge in [0.15, 0.2) is 0 Å². The van der Waals surface area contributed by atoms with Gasteiger partial charge in [-0.3, -0.25) is 0 Å². The quantitative estimate of drug-likeness (QED) is 0.776. The summed E-state index contributed by atoms with van der Waals surface area (Å²) < 4.78 is 28.4. The number of rotatable bonds is 6. The number of nitrogens with one attached hydrogen (secondary N) is 1. The van der Waals surface area contributed by atoms with Gasteiger partial charge in [-0.2, -0.15) is 17.4 Å². The molecule has 0 saturated carbocycles. The Kier molecular flexibility index (Phi) is 6.85. The van der Waals surface area contributed by atoms with Crippen molar-refractivity contribution in [3.05, 3.63) is 35.4 Å². The normalized spacial score (nSPS) is 12.8. The largest absolute Gasteiger partial charge is 0.320 e. The van der Waals surface area contributed by atoms with Gasteiger partial charge in [-0.1, -0.05) is 37.8 Å². The highest BCUT2D eigenvalue weighted by Gasteiger charge is 2.21. The summed E-state index contributed by atoms with van der Waals surface area (Å²) in [6.45, 7) is 6.68. The van der Waals surface area contributed by atoms with Crippen molar-refractivity contribution in [3.63, 3.8) is 0 Å². The van der Waals surface area contributed by atoms with E-state index >= 15 is 0 Å². The number of hydrogen-bond donors (Lipinski definition) is 2. The lowest BCUT2D eigenvalue weighted by Crippen LogP contribution is -2.41. The molecule has 116 valence electrons. The minimum atomic E-state index is -3.46. The van der Waals surface area contributed by atoms with Crippen LogP contribution in [0.15, 0.2) is 24.3 Å². The fraction of sp³-hybridized carbons (Fsp3) is 0.467. The third-order valence-corrected chi connectivity index (χ3v) is 4.96. The van der Waals surface area contributed by atoms with E-state index in [2.05, 4.69) is 16.6 Å². The van der Waals surface area contributed by atoms with Crippen LogP contribution in [0.25, 0.3) is 0 Å². The van der Waals surface area contributed by atoms with Gasteiger partial charge in [-0.05, 0) is 24.6 Å². The van der Waals surface area contributed by atoms with Gasteiger partial charge in [-0.15, -0.1) is 0 Å². The summed E-state index contributed by atoms with van der Waals surface area (Å²) in [7, 11) is -3.46. The van der Waals surface area contributed by atoms with Crippen molar-refractivity contribution < 1.29 is 8.42 Å². The van der Waals surface area contributed by atoms with Crippen molar-refractivity contribution >= 4 is 10.2 Å². The van der Waals surface area contributed by atoms with Crippen LogP contribution in [0.1, 0.15) is 37.9 Å². The summed E-state index contributed by atoms with van der Waals surface area (Å²) in [5, 5.41) is 0. The highest BCUT2D eigenvalue weighted by molar-refractivity contribution is 7.87. The highest BCUT2D eigenvalue weighted by Crippen LogP contribution is 2.15. The van der Waals surface area contributed by atoms with Crippen LogP contribution < -0.4 is 10.5 Å². The second kappa shape index (κ2) is 8.15. The number of hydrogen-bond acceptors (Lipinski definition) is 3. The molecule has 1 aromatic carbocycles. The number of benzene rings is 1. The van der Waals surface area contributed by atoms with E-state index in [1.165, 1.54) is 4.31 Å². The second-order valence-electron chi connectivity index (χ2n) is 4.56. The fourth-order valence-corrected chi connectivity index (χ4v) is 3.35. The van der Waals surface area contributed by atoms with Crippen LogP contribution in [0.3, 0.4) is 0 Å². The Labute approximate surface area is 127 Å². The molecule has 5 nitrogen and oxygen atoms in total. The third kappa shape index (κ3) is 5.14. The van der Waals surface area contributed by atoms with Crippen LogP contribution in [-0.2, 0) is 10.2 Å². The summed E-state index contributed by atoms with van der Waals surface area (Å²) in [4.78, 5) is 0. The Morgan fingerprint density at radius 2 is 1.81 bits per heavy atom. The zero-order chi connectivity index (χ0) is 15.9. The second-order valence-corrected chi connectivity index (χ2v) is 6.26. The lowest BCUT2D eigenvalue weighted by atomic mass is 10.1. The van der Waals surface area contributed by atoms with Crippen molar-refractivity contribution in [3.8, 4) is 11.8 Å². The van der Waals surface area contributed by atoms with E-state index in [4.69, 9.17) is 5.73 Å². The minimum absolute atomic E-state index is 0.299. The molecule has 1 unspecified atom stereocenters. The van der Waals surface area contributed by atoms with Gasteiger partial charge in [0.2, 0.25) is 0 Å². The van der Waals surface area contributed by atoms with Gasteiger partial charge in [0.25, 0.3) is 10.2 Å². The van der Waals surface area contributed by atoms with E-state index < -0.39 is 10.2 Å². The first kappa shape index (κ1) is 17.7. The SMILES string of the molecule is CCN(CC)S(=O)(=O)NC(C)c1ccc(C#CCN)cc1. The predicted octanol–water partition coefficient (Wildman–Crippen LogP) is 1.23. The molecule has 21 heavy (non-hydrogen) atoms. The summed E-state index contributed by atoms with van der Waals surface area (Å²) in [5.41, 5.74) is 7.08. The zero-order valence-corrected chi connectivity index (χ0v) is 13.6. The van der Waals surface area contributed by atoms with Gasteiger partial charge in [0, 0.05) is 24.7 Å². The molecule has 0 fully saturated rings. The number of nitrogens with zero attached hydrogens (tertiary/aromatic N) is 1. The maximum absolute atomic E-state index is 12.2. The Morgan fingerprint density at radius 3 is 2.29 bits per heavy atom. The first-order valence-electron chi connectivity index (χ1n) is 7.00. The first-order valence-corrected chi connectivity index (χ1v) is 8.44. The van der Waals surface area contributed by atoms with Gasteiger partial charge >= 0.3 is 0 Å². The molecule has 0 aliphatic heterocycles. The number of nitrogens with two attached hydrogens (primary N) is 1. The monoisotopic (exact) mass is 309 g/mol. The minimum Gasteiger partial charge on any atom is -0.320 e. The van der Waals surface area contributed by atoms with E-state index in [-0.39, 0.29) is 6.04 Å². The summed E-state index contributed by atoms with van der Waals surface area (Å²) in [5.74, 6) is 5.71. The molecule has 0 radical (unpaired) electrons. The van der Waals surface area contributed by atoms with Crippen LogP contribution in [0.4, 0.5) is 0 Å². The molecule has 1 aromatic rings. The van der Waals surface area contributed by atoms with Crippen LogP contribution >= 0.6 is 0 Å². The van der Waals surface area contributed by atoms with Crippen LogP contribution in [0.2, 0.25) is 0 Å². The molecule has 1 rings (SSSR count). The summed E-state index contributed by atoms with van der Waals surface area (Å²) in [6.07, 6.45) is 0. The van der Waals surface area contributed by atoms with Gasteiger partial charge in [0.1, 0.15) is 0 Å². The van der Waals surface area contributed by atoms with E-state index in [9.17, 15) is 8.42 Å². The van der Waals surface area contributed by atoms with Crippen molar-refractivity contribution in [1.29, 1.82) is 0 Å². The molecule has 3 N–H and O–H groups in total. The Bertz CT molecular complexity index is 596. The molecule has 0 spiro atoms. The van der Waals surface area contributed by atoms with E-state index in [1.807, 2.05) is 45.0 Å². The molecular weight excluding hydrogens is 286 g/mol. The molecule has 0 aromatic heterocycles. The van der Waals surface area contributed by atoms with Gasteiger partial charge in [-0.25, -0.2) is 0 Å². The molecular formula is C15H23N3O2S. The molecule has 0 aliphatic rings. The topological polar surface area (TPSA) is 75.4 Å². The average molecular weight is 309 g/mol. The van der Waals surface area contributed by atoms with E-state index in [0.29, 0.717) is 19.6 Å². The van der Waals surface area contributed by atoms with Crippen LogP contribution in [-0.4, -0.2) is 32.4 Å². The average Bonchev–Trinajstić information content (AvgIpc) is 2.46. The third-order valence-electron chi connectivity index (χ3n) is 3.12. The standard InChI is InChI=1S/C15H23N3O2S/c1-4-18(5-2)21(19,20)17-13(3)15-10-8-14(9-11-15)7-6-12-16/h8-11,13,17H,4-5,12,16H2,1-3H3. The van der Waals surface area contributed by atoms with E-state index in [1.54, 1.807) is 0 Å². The first-order chi connectivity index (χ1) is 9.94. The Balaban J connectivity index is 2.82. The maximum atomic E-state index is 12.2. The Hall–Kier alpha value is -1.39. The van der Waals surface area contributed by atoms with Crippen LogP contribution in [0.5, 0.6) is 0 Å². The molecule has 6 heteroatoms. The van der Waals surface area contributed by atoms with Gasteiger partial charge < -0.3 is 5.73 Å². The Morgan fingerprint density at radius 1 is 1.24 bits per heavy atom. The molecule has 0 saturated heterocycles. The fourth-order valence-electron chi connectivity index (χ4n) is 1.94. The molecule has 0 heterocycles. The summed E-state index contributed by atoms with van der Waals surface area (Å²) >= 11 is 0. The molecule has 0 aliphatic carbocycles. The van der Waals surface area contributed by atoms with Crippen molar-refractivity contribution in [2.45, 2.75) is 26.8 Å². The van der Waals surface area contributed by atoms with Crippen molar-refractivity contribution in [1.82, 2.24) is 9.03 Å². The lowest BCUT2D eigenvalue weighted by molar-refractivity contribution is 0.429. The molecule has 0 bridgehead atoms. The highest BCUT2D eigenvalue weighted by atomic mass is 32.2. The predicted molar refractivity (Wildman–Crippen MR) is 85.8 cm³/mol.